The van der Waals surface area contributed by atoms with E-state index in [0.29, 0.717) is 12.0 Å². The third kappa shape index (κ3) is 4.14. The molecule has 1 amide bonds. The molecule has 0 bridgehead atoms. The summed E-state index contributed by atoms with van der Waals surface area (Å²) in [4.78, 5) is 19.1. The molecule has 2 aromatic rings. The van der Waals surface area contributed by atoms with Gasteiger partial charge < -0.3 is 20.6 Å². The minimum Gasteiger partial charge on any atom is -0.388 e. The van der Waals surface area contributed by atoms with Crippen LogP contribution in [0.3, 0.4) is 0 Å². The lowest BCUT2D eigenvalue weighted by molar-refractivity contribution is 0.0965. The number of carbonyl (C=O) groups is 1. The summed E-state index contributed by atoms with van der Waals surface area (Å²) in [6.07, 6.45) is 8.46. The molecule has 6 nitrogen and oxygen atoms in total. The van der Waals surface area contributed by atoms with Crippen molar-refractivity contribution in [3.8, 4) is 0 Å². The van der Waals surface area contributed by atoms with E-state index in [-0.39, 0.29) is 12.1 Å². The highest BCUT2D eigenvalue weighted by Gasteiger charge is 2.27. The van der Waals surface area contributed by atoms with Crippen LogP contribution in [-0.2, 0) is 6.42 Å². The Hall–Kier alpha value is -3.38. The predicted molar refractivity (Wildman–Crippen MR) is 116 cm³/mol. The normalized spacial score (nSPS) is 18.6. The highest BCUT2D eigenvalue weighted by molar-refractivity contribution is 5.95. The highest BCUT2D eigenvalue weighted by Crippen LogP contribution is 2.26. The van der Waals surface area contributed by atoms with Gasteiger partial charge in [-0.1, -0.05) is 25.1 Å². The van der Waals surface area contributed by atoms with Crippen LogP contribution >= 0.6 is 0 Å². The second-order valence-electron chi connectivity index (χ2n) is 7.47. The molecular formula is C24H26N4O2. The van der Waals surface area contributed by atoms with E-state index in [0.717, 1.165) is 23.4 Å². The Balaban J connectivity index is 1.40. The number of hydrogen-bond acceptors (Lipinski definition) is 5. The fourth-order valence-electron chi connectivity index (χ4n) is 3.75. The molecule has 1 aromatic carbocycles. The van der Waals surface area contributed by atoms with Crippen LogP contribution in [0.2, 0.25) is 0 Å². The predicted octanol–water partition coefficient (Wildman–Crippen LogP) is 3.37. The van der Waals surface area contributed by atoms with Gasteiger partial charge in [0.1, 0.15) is 6.17 Å². The van der Waals surface area contributed by atoms with Crippen LogP contribution in [0.25, 0.3) is 0 Å². The zero-order chi connectivity index (χ0) is 21.1. The SMILES string of the molecule is CCC1=C(C)N2C=C(NC(=O)c3ccc(C(O)Cc4ccccn4)cc3)C=CC2N1. The number of fused-ring (bicyclic) bond motifs is 1. The molecule has 0 fully saturated rings. The molecule has 6 heteroatoms. The van der Waals surface area contributed by atoms with Gasteiger partial charge in [0, 0.05) is 41.5 Å². The fourth-order valence-corrected chi connectivity index (χ4v) is 3.75. The molecular weight excluding hydrogens is 376 g/mol. The summed E-state index contributed by atoms with van der Waals surface area (Å²) in [6.45, 7) is 4.20. The van der Waals surface area contributed by atoms with E-state index >= 15 is 0 Å². The van der Waals surface area contributed by atoms with E-state index in [1.165, 1.54) is 11.4 Å². The first-order valence-corrected chi connectivity index (χ1v) is 10.2. The number of hydrogen-bond donors (Lipinski definition) is 3. The lowest BCUT2D eigenvalue weighted by Crippen LogP contribution is -2.36. The second kappa shape index (κ2) is 8.55. The molecule has 2 atom stereocenters. The van der Waals surface area contributed by atoms with Crippen molar-refractivity contribution in [3.63, 3.8) is 0 Å². The van der Waals surface area contributed by atoms with Crippen molar-refractivity contribution in [1.82, 2.24) is 20.5 Å². The average Bonchev–Trinajstić information content (AvgIpc) is 3.10. The van der Waals surface area contributed by atoms with Gasteiger partial charge in [0.25, 0.3) is 5.91 Å². The van der Waals surface area contributed by atoms with Crippen LogP contribution in [0, 0.1) is 0 Å². The Bertz CT molecular complexity index is 1010. The smallest absolute Gasteiger partial charge is 0.255 e. The van der Waals surface area contributed by atoms with Crippen LogP contribution < -0.4 is 10.6 Å². The maximum absolute atomic E-state index is 12.7. The molecule has 2 unspecified atom stereocenters. The van der Waals surface area contributed by atoms with E-state index < -0.39 is 6.10 Å². The van der Waals surface area contributed by atoms with Crippen LogP contribution in [0.1, 0.15) is 48.0 Å². The monoisotopic (exact) mass is 402 g/mol. The van der Waals surface area contributed by atoms with Crippen molar-refractivity contribution >= 4 is 5.91 Å². The van der Waals surface area contributed by atoms with Gasteiger partial charge >= 0.3 is 0 Å². The summed E-state index contributed by atoms with van der Waals surface area (Å²) >= 11 is 0. The number of allylic oxidation sites excluding steroid dienone is 3. The van der Waals surface area contributed by atoms with Gasteiger partial charge in [-0.2, -0.15) is 0 Å². The van der Waals surface area contributed by atoms with Gasteiger partial charge in [-0.25, -0.2) is 0 Å². The lowest BCUT2D eigenvalue weighted by Gasteiger charge is -2.26. The van der Waals surface area contributed by atoms with Crippen molar-refractivity contribution in [1.29, 1.82) is 0 Å². The Morgan fingerprint density at radius 3 is 2.77 bits per heavy atom. The van der Waals surface area contributed by atoms with Gasteiger partial charge in [-0.15, -0.1) is 0 Å². The number of aliphatic hydroxyl groups is 1. The largest absolute Gasteiger partial charge is 0.388 e. The number of nitrogens with one attached hydrogen (secondary N) is 2. The number of benzene rings is 1. The first-order chi connectivity index (χ1) is 14.5. The first kappa shape index (κ1) is 19.9. The molecule has 2 aliphatic rings. The molecule has 0 saturated heterocycles. The number of amides is 1. The second-order valence-corrected chi connectivity index (χ2v) is 7.47. The number of rotatable bonds is 6. The molecule has 0 radical (unpaired) electrons. The number of pyridine rings is 1. The van der Waals surface area contributed by atoms with E-state index in [9.17, 15) is 9.90 Å². The van der Waals surface area contributed by atoms with Crippen molar-refractivity contribution < 1.29 is 9.90 Å². The summed E-state index contributed by atoms with van der Waals surface area (Å²) in [5.41, 5.74) is 5.26. The molecule has 154 valence electrons. The molecule has 30 heavy (non-hydrogen) atoms. The third-order valence-electron chi connectivity index (χ3n) is 5.48. The lowest BCUT2D eigenvalue weighted by atomic mass is 10.0. The highest BCUT2D eigenvalue weighted by atomic mass is 16.3. The summed E-state index contributed by atoms with van der Waals surface area (Å²) in [7, 11) is 0. The molecule has 4 rings (SSSR count). The number of aromatic nitrogens is 1. The van der Waals surface area contributed by atoms with E-state index in [2.05, 4.69) is 34.4 Å². The van der Waals surface area contributed by atoms with E-state index in [4.69, 9.17) is 0 Å². The quantitative estimate of drug-likeness (QED) is 0.691. The molecule has 0 saturated carbocycles. The van der Waals surface area contributed by atoms with Crippen LogP contribution in [0.5, 0.6) is 0 Å². The van der Waals surface area contributed by atoms with Crippen LogP contribution in [0.4, 0.5) is 0 Å². The van der Waals surface area contributed by atoms with Gasteiger partial charge in [-0.3, -0.25) is 9.78 Å². The topological polar surface area (TPSA) is 77.5 Å². The van der Waals surface area contributed by atoms with Gasteiger partial charge in [0.2, 0.25) is 0 Å². The van der Waals surface area contributed by atoms with Crippen molar-refractivity contribution in [3.05, 3.63) is 101 Å². The maximum Gasteiger partial charge on any atom is 0.255 e. The molecule has 1 aromatic heterocycles. The minimum absolute atomic E-state index is 0.112. The molecule has 2 aliphatic heterocycles. The Morgan fingerprint density at radius 2 is 2.07 bits per heavy atom. The number of nitrogens with zero attached hydrogens (tertiary/aromatic N) is 2. The fraction of sp³-hybridized carbons (Fsp3) is 0.250. The molecule has 0 aliphatic carbocycles. The standard InChI is InChI=1S/C24H26N4O2/c1-3-21-16(2)28-15-20(11-12-23(28)27-21)26-24(30)18-9-7-17(8-10-18)22(29)14-19-6-4-5-13-25-19/h4-13,15,22-23,27,29H,3,14H2,1-2H3,(H,26,30). The summed E-state index contributed by atoms with van der Waals surface area (Å²) in [5.74, 6) is -0.181. The third-order valence-corrected chi connectivity index (χ3v) is 5.48. The Morgan fingerprint density at radius 1 is 1.27 bits per heavy atom. The van der Waals surface area contributed by atoms with Gasteiger partial charge in [0.15, 0.2) is 0 Å². The van der Waals surface area contributed by atoms with E-state index in [1.807, 2.05) is 36.6 Å². The zero-order valence-electron chi connectivity index (χ0n) is 17.2. The zero-order valence-corrected chi connectivity index (χ0v) is 17.2. The van der Waals surface area contributed by atoms with Crippen molar-refractivity contribution in [2.75, 3.05) is 0 Å². The average molecular weight is 402 g/mol. The Kier molecular flexibility index (Phi) is 5.68. The van der Waals surface area contributed by atoms with Gasteiger partial charge in [-0.05, 0) is 55.3 Å². The number of carbonyl (C=O) groups excluding carboxylic acids is 1. The first-order valence-electron chi connectivity index (χ1n) is 10.2. The van der Waals surface area contributed by atoms with Crippen LogP contribution in [0.15, 0.2) is 84.1 Å². The van der Waals surface area contributed by atoms with Gasteiger partial charge in [0.05, 0.1) is 11.8 Å². The number of aliphatic hydroxyl groups excluding tert-OH is 1. The Labute approximate surface area is 176 Å². The van der Waals surface area contributed by atoms with Crippen LogP contribution in [-0.4, -0.2) is 27.1 Å². The summed E-state index contributed by atoms with van der Waals surface area (Å²) in [6, 6.07) is 12.7. The molecule has 3 N–H and O–H groups in total. The summed E-state index contributed by atoms with van der Waals surface area (Å²) < 4.78 is 0. The van der Waals surface area contributed by atoms with Crippen molar-refractivity contribution in [2.24, 2.45) is 0 Å². The summed E-state index contributed by atoms with van der Waals surface area (Å²) in [5, 5.41) is 16.9. The van der Waals surface area contributed by atoms with Crippen molar-refractivity contribution in [2.45, 2.75) is 39.0 Å². The van der Waals surface area contributed by atoms with E-state index in [1.54, 1.807) is 30.5 Å². The minimum atomic E-state index is -0.664. The molecule has 3 heterocycles. The molecule has 0 spiro atoms. The maximum atomic E-state index is 12.7.